The smallest absolute Gasteiger partial charge is 0.407 e. The Morgan fingerprint density at radius 3 is 2.20 bits per heavy atom. The summed E-state index contributed by atoms with van der Waals surface area (Å²) in [5, 5.41) is 35.1. The van der Waals surface area contributed by atoms with E-state index in [2.05, 4.69) is 55.3 Å². The number of nitrogens with one attached hydrogen (secondary N) is 2. The van der Waals surface area contributed by atoms with E-state index in [1.807, 2.05) is 73.1 Å². The third-order valence-electron chi connectivity index (χ3n) is 25.6. The van der Waals surface area contributed by atoms with E-state index in [9.17, 15) is 48.6 Å². The van der Waals surface area contributed by atoms with Gasteiger partial charge in [0.05, 0.1) is 48.9 Å². The summed E-state index contributed by atoms with van der Waals surface area (Å²) in [4.78, 5) is 153. The Kier molecular flexibility index (Phi) is 33.8. The zero-order valence-corrected chi connectivity index (χ0v) is 74.7. The average Bonchev–Trinajstić information content (AvgIpc) is 1.52. The van der Waals surface area contributed by atoms with Crippen LogP contribution in [0.3, 0.4) is 0 Å². The molecule has 5 fully saturated rings. The van der Waals surface area contributed by atoms with E-state index in [4.69, 9.17) is 54.1 Å². The molecule has 4 saturated heterocycles. The van der Waals surface area contributed by atoms with Crippen LogP contribution in [0.2, 0.25) is 0 Å². The van der Waals surface area contributed by atoms with Crippen molar-refractivity contribution < 1.29 is 86.1 Å². The monoisotopic (exact) mass is 1760 g/mol. The zero-order chi connectivity index (χ0) is 90.6. The summed E-state index contributed by atoms with van der Waals surface area (Å²) < 4.78 is 49.4. The number of nitrogen functional groups attached to an aromatic ring is 2. The second kappa shape index (κ2) is 44.9. The number of hydrogen-bond donors (Lipinski definition) is 6. The van der Waals surface area contributed by atoms with Crippen LogP contribution in [-0.2, 0) is 75.0 Å². The number of oxazole rings is 1. The number of cyclic esters (lactones) is 1. The minimum atomic E-state index is -2.49. The fourth-order valence-corrected chi connectivity index (χ4v) is 17.9. The van der Waals surface area contributed by atoms with Crippen LogP contribution < -0.4 is 31.9 Å². The number of benzene rings is 1. The van der Waals surface area contributed by atoms with Gasteiger partial charge in [-0.15, -0.1) is 0 Å². The number of ether oxygens (including phenoxy) is 7. The standard InChI is InChI=1S/C91H126N18O18/c1-55-18-12-11-13-19-56(2)72(120-8)47-66-24-21-61(7)91(119,127-66)81(114)85(116)108-29-16-14-20-68(108)86(117)124-73(48-69(110)57(3)43-60(6)79(113)80(122-10)78(112)59(5)42-55)58(4)44-62-22-25-71(74(45-62)121-9)126-90(118)99-51-63-49-95-88(96-50-63)107-37-35-105(36-38-107)75(111)27-40-123-41-39-104-31-33-106(34-32-104)89-97-52-65(53-98-89)84(115)94-28-15-17-30-109-83-76(82(92)100-54-101-83)77(103-109)64-23-26-70-67(46-64)102-87(93)125-70/h11-13,18-19,23,26,43,46,49-50,52-55,57-59,61-62,66,68,71-74,79-80,113,119H,14-17,20-22,24-25,27-42,44-45,47-48,51H2,1-10H3,(H2,93,102)(H,94,115)(H,99,118)(H2,92,100,101)/b13-11+,18-12+,56-19+,60-43+/t55-,57-,58-,59-,61-,62+,66+,68+,71-,72+,73+,74-,79-,80+,91-/m1/s1. The number of aliphatic hydroxyl groups is 2. The van der Waals surface area contributed by atoms with Crippen LogP contribution >= 0.6 is 0 Å². The first-order valence-electron chi connectivity index (χ1n) is 44.7. The van der Waals surface area contributed by atoms with Crippen molar-refractivity contribution in [2.24, 2.45) is 35.5 Å². The van der Waals surface area contributed by atoms with Crippen LogP contribution in [0.25, 0.3) is 33.4 Å². The lowest BCUT2D eigenvalue weighted by atomic mass is 9.78. The number of ketones is 3. The number of nitrogens with two attached hydrogens (primary N) is 2. The average molecular weight is 1760 g/mol. The molecule has 4 amide bonds. The van der Waals surface area contributed by atoms with Crippen molar-refractivity contribution in [1.29, 1.82) is 0 Å². The molecule has 12 rings (SSSR count). The second-order valence-electron chi connectivity index (χ2n) is 34.8. The first-order valence-corrected chi connectivity index (χ1v) is 44.7. The van der Waals surface area contributed by atoms with Crippen LogP contribution in [0.1, 0.15) is 161 Å². The second-order valence-corrected chi connectivity index (χ2v) is 34.8. The molecule has 1 aromatic carbocycles. The molecule has 10 heterocycles. The first-order chi connectivity index (χ1) is 61.1. The number of amides is 4. The number of Topliss-reactive ketones (excluding diaryl/α,β-unsaturated/α-hetero) is 3. The molecule has 6 aliphatic rings. The van der Waals surface area contributed by atoms with Crippen molar-refractivity contribution in [2.45, 2.75) is 212 Å². The predicted octanol–water partition coefficient (Wildman–Crippen LogP) is 7.89. The Bertz CT molecular complexity index is 4890. The van der Waals surface area contributed by atoms with Crippen molar-refractivity contribution >= 4 is 93.0 Å². The van der Waals surface area contributed by atoms with Crippen molar-refractivity contribution in [3.63, 3.8) is 0 Å². The Balaban J connectivity index is 0.556. The minimum absolute atomic E-state index is 0.00934. The highest BCUT2D eigenvalue weighted by Crippen LogP contribution is 2.40. The molecule has 5 aromatic heterocycles. The molecule has 688 valence electrons. The van der Waals surface area contributed by atoms with Crippen molar-refractivity contribution in [2.75, 3.05) is 128 Å². The van der Waals surface area contributed by atoms with Gasteiger partial charge >= 0.3 is 12.1 Å². The van der Waals surface area contributed by atoms with Crippen LogP contribution in [0.4, 0.5) is 28.5 Å². The third kappa shape index (κ3) is 24.6. The van der Waals surface area contributed by atoms with E-state index >= 15 is 0 Å². The van der Waals surface area contributed by atoms with Crippen LogP contribution in [0, 0.1) is 35.5 Å². The van der Waals surface area contributed by atoms with Gasteiger partial charge in [-0.25, -0.2) is 44.2 Å². The number of methoxy groups -OCH3 is 3. The Labute approximate surface area is 740 Å². The van der Waals surface area contributed by atoms with Crippen molar-refractivity contribution in [3.8, 4) is 11.3 Å². The number of aliphatic hydroxyl groups excluding tert-OH is 1. The number of nitrogens with zero attached hydrogens (tertiary/aromatic N) is 14. The van der Waals surface area contributed by atoms with E-state index in [1.165, 1.54) is 18.3 Å². The number of fused-ring (bicyclic) bond motifs is 5. The molecule has 8 N–H and O–H groups in total. The summed E-state index contributed by atoms with van der Waals surface area (Å²) in [5.41, 5.74) is 17.4. The largest absolute Gasteiger partial charge is 0.460 e. The van der Waals surface area contributed by atoms with Gasteiger partial charge < -0.3 is 89.5 Å². The summed E-state index contributed by atoms with van der Waals surface area (Å²) in [6, 6.07) is 4.33. The SMILES string of the molecule is CO[C@H]1C[C@@H]2CC[C@@H](C)[C@@](O)(O2)C(=O)C(=O)N2CCCC[C@H]2C(=O)O[C@H]([C@H](C)C[C@@H]2CC[C@@H](OC(=O)NCc3cnc(N4CCN(C(=O)CCOCCN5CCN(c6ncc(C(=O)NCCCCn7nc(-c8ccc9oc(N)nc9c8)c8c(N)ncnc87)cn6)CC5)CC4)nc3)[C@H](OC)C2)CC(=O)[C@H](C)/C=C(\C)[C@@H](O)[C@@H](OC)C(=O)[C@H](C)C[C@H](C)/C=C/C=C/C=C/1C. The number of carbonyl (C=O) groups is 8. The molecule has 1 saturated carbocycles. The van der Waals surface area contributed by atoms with Crippen LogP contribution in [0.5, 0.6) is 0 Å². The number of anilines is 4. The summed E-state index contributed by atoms with van der Waals surface area (Å²) in [6.45, 7) is 20.1. The van der Waals surface area contributed by atoms with E-state index in [0.717, 1.165) is 24.2 Å². The van der Waals surface area contributed by atoms with E-state index in [-0.39, 0.29) is 80.0 Å². The number of piperidine rings is 1. The number of rotatable bonds is 24. The highest BCUT2D eigenvalue weighted by molar-refractivity contribution is 6.39. The Morgan fingerprint density at radius 2 is 1.48 bits per heavy atom. The fourth-order valence-electron chi connectivity index (χ4n) is 17.9. The number of esters is 1. The van der Waals surface area contributed by atoms with Gasteiger partial charge in [-0.05, 0) is 138 Å². The van der Waals surface area contributed by atoms with E-state index in [1.54, 1.807) is 83.5 Å². The molecule has 36 nitrogen and oxygen atoms in total. The molecule has 127 heavy (non-hydrogen) atoms. The molecule has 6 aromatic rings. The zero-order valence-electron chi connectivity index (χ0n) is 74.7. The molecule has 15 atom stereocenters. The number of aryl methyl sites for hydroxylation is 1. The van der Waals surface area contributed by atoms with Gasteiger partial charge in [0.25, 0.3) is 23.6 Å². The molecule has 2 bridgehead atoms. The number of unbranched alkanes of at least 4 members (excludes halogenated alkanes) is 1. The summed E-state index contributed by atoms with van der Waals surface area (Å²) in [7, 11) is 4.48. The number of allylic oxidation sites excluding steroid dienone is 6. The van der Waals surface area contributed by atoms with Gasteiger partial charge in [0, 0.05) is 173 Å². The molecule has 0 unspecified atom stereocenters. The minimum Gasteiger partial charge on any atom is -0.460 e. The maximum absolute atomic E-state index is 14.8. The molecule has 5 aliphatic heterocycles. The highest BCUT2D eigenvalue weighted by atomic mass is 16.6. The molecular formula is C91H126N18O18. The van der Waals surface area contributed by atoms with E-state index < -0.39 is 102 Å². The van der Waals surface area contributed by atoms with Gasteiger partial charge in [-0.1, -0.05) is 71.1 Å². The topological polar surface area (TPSA) is 455 Å². The lowest BCUT2D eigenvalue weighted by Gasteiger charge is -2.42. The van der Waals surface area contributed by atoms with Gasteiger partial charge in [-0.3, -0.25) is 33.7 Å². The number of aromatic nitrogens is 9. The Morgan fingerprint density at radius 1 is 0.748 bits per heavy atom. The quantitative estimate of drug-likeness (QED) is 0.0145. The highest BCUT2D eigenvalue weighted by Gasteiger charge is 2.53. The van der Waals surface area contributed by atoms with Crippen LogP contribution in [-0.4, -0.2) is 278 Å². The lowest BCUT2D eigenvalue weighted by Crippen LogP contribution is -2.61. The molecule has 0 radical (unpaired) electrons. The molecule has 0 spiro atoms. The maximum Gasteiger partial charge on any atom is 0.407 e. The predicted molar refractivity (Wildman–Crippen MR) is 472 cm³/mol. The molecule has 1 aliphatic carbocycles. The van der Waals surface area contributed by atoms with Gasteiger partial charge in [-0.2, -0.15) is 10.1 Å². The number of piperazine rings is 2. The fraction of sp³-hybridized carbons (Fsp3) is 0.604. The number of alkyl carbamates (subject to hydrolysis) is 1. The van der Waals surface area contributed by atoms with Gasteiger partial charge in [0.1, 0.15) is 59.6 Å². The summed E-state index contributed by atoms with van der Waals surface area (Å²) in [6.07, 6.45) is 18.5. The van der Waals surface area contributed by atoms with Gasteiger partial charge in [0.15, 0.2) is 17.0 Å². The molecular weight excluding hydrogens is 1630 g/mol. The lowest BCUT2D eigenvalue weighted by molar-refractivity contribution is -0.265. The Hall–Kier alpha value is -10.6. The van der Waals surface area contributed by atoms with E-state index in [0.29, 0.717) is 205 Å². The summed E-state index contributed by atoms with van der Waals surface area (Å²) >= 11 is 0. The van der Waals surface area contributed by atoms with Crippen molar-refractivity contribution in [3.05, 3.63) is 108 Å². The van der Waals surface area contributed by atoms with Gasteiger partial charge in [0.2, 0.25) is 23.6 Å². The number of carbonyl (C=O) groups excluding carboxylic acids is 8. The molecule has 36 heteroatoms. The van der Waals surface area contributed by atoms with Crippen molar-refractivity contribution in [1.82, 2.24) is 70.0 Å². The first kappa shape index (κ1) is 95.5. The third-order valence-corrected chi connectivity index (χ3v) is 25.6. The maximum atomic E-state index is 14.8. The number of hydrogen-bond acceptors (Lipinski definition) is 31. The summed E-state index contributed by atoms with van der Waals surface area (Å²) in [5.74, 6) is -7.66. The normalized spacial score (nSPS) is 28.0. The van der Waals surface area contributed by atoms with Crippen LogP contribution in [0.15, 0.2) is 101 Å².